The van der Waals surface area contributed by atoms with E-state index in [-0.39, 0.29) is 5.41 Å². The van der Waals surface area contributed by atoms with Gasteiger partial charge in [-0.3, -0.25) is 4.90 Å². The Morgan fingerprint density at radius 1 is 1.20 bits per heavy atom. The second-order valence-electron chi connectivity index (χ2n) is 7.03. The van der Waals surface area contributed by atoms with Gasteiger partial charge in [0.2, 0.25) is 0 Å². The van der Waals surface area contributed by atoms with Gasteiger partial charge in [0.1, 0.15) is 0 Å². The fraction of sp³-hybridized carbons (Fsp3) is 0.667. The van der Waals surface area contributed by atoms with Crippen molar-refractivity contribution >= 4 is 0 Å². The normalized spacial score (nSPS) is 19.1. The molecule has 0 bridgehead atoms. The molecule has 112 valence electrons. The quantitative estimate of drug-likeness (QED) is 0.905. The van der Waals surface area contributed by atoms with Crippen LogP contribution in [0.5, 0.6) is 0 Å². The Balaban J connectivity index is 2.32. The van der Waals surface area contributed by atoms with E-state index >= 15 is 0 Å². The van der Waals surface area contributed by atoms with Crippen molar-refractivity contribution in [3.8, 4) is 0 Å². The van der Waals surface area contributed by atoms with Crippen LogP contribution in [-0.4, -0.2) is 31.1 Å². The number of aryl methyl sites for hydroxylation is 1. The Bertz CT molecular complexity index is 439. The summed E-state index contributed by atoms with van der Waals surface area (Å²) < 4.78 is 0. The van der Waals surface area contributed by atoms with E-state index in [4.69, 9.17) is 0 Å². The molecule has 1 fully saturated rings. The van der Waals surface area contributed by atoms with E-state index in [1.165, 1.54) is 23.1 Å². The molecule has 0 saturated carbocycles. The van der Waals surface area contributed by atoms with Gasteiger partial charge >= 0.3 is 0 Å². The third-order valence-electron chi connectivity index (χ3n) is 4.48. The molecule has 0 amide bonds. The van der Waals surface area contributed by atoms with E-state index < -0.39 is 0 Å². The molecule has 1 aromatic rings. The molecule has 0 aromatic heterocycles. The lowest BCUT2D eigenvalue weighted by atomic mass is 9.83. The van der Waals surface area contributed by atoms with E-state index in [0.29, 0.717) is 6.04 Å². The topological polar surface area (TPSA) is 15.3 Å². The number of nitrogens with one attached hydrogen (secondary N) is 1. The number of rotatable bonds is 3. The maximum atomic E-state index is 3.45. The van der Waals surface area contributed by atoms with Crippen LogP contribution in [0.2, 0.25) is 0 Å². The first-order chi connectivity index (χ1) is 9.43. The van der Waals surface area contributed by atoms with Gasteiger partial charge in [0.15, 0.2) is 0 Å². The molecule has 1 aromatic carbocycles. The maximum absolute atomic E-state index is 3.45. The van der Waals surface area contributed by atoms with Crippen LogP contribution in [0.15, 0.2) is 18.2 Å². The van der Waals surface area contributed by atoms with Crippen LogP contribution in [0.25, 0.3) is 0 Å². The van der Waals surface area contributed by atoms with Crippen LogP contribution >= 0.6 is 0 Å². The molecular formula is C18H30N2. The van der Waals surface area contributed by atoms with Gasteiger partial charge in [0.25, 0.3) is 0 Å². The van der Waals surface area contributed by atoms with Gasteiger partial charge in [-0.05, 0) is 35.4 Å². The zero-order valence-corrected chi connectivity index (χ0v) is 13.8. The lowest BCUT2D eigenvalue weighted by Crippen LogP contribution is -2.45. The summed E-state index contributed by atoms with van der Waals surface area (Å²) in [6.45, 7) is 16.0. The molecule has 0 aliphatic carbocycles. The number of benzene rings is 1. The summed E-state index contributed by atoms with van der Waals surface area (Å²) in [6, 6.07) is 7.62. The van der Waals surface area contributed by atoms with Crippen molar-refractivity contribution in [2.75, 3.05) is 26.2 Å². The maximum Gasteiger partial charge on any atom is 0.0349 e. The lowest BCUT2D eigenvalue weighted by Gasteiger charge is -2.36. The Kier molecular flexibility index (Phi) is 4.87. The number of hydrogen-bond donors (Lipinski definition) is 1. The Labute approximate surface area is 124 Å². The van der Waals surface area contributed by atoms with Crippen molar-refractivity contribution in [3.63, 3.8) is 0 Å². The zero-order chi connectivity index (χ0) is 14.8. The molecule has 1 N–H and O–H groups in total. The molecule has 1 unspecified atom stereocenters. The average molecular weight is 274 g/mol. The third-order valence-corrected chi connectivity index (χ3v) is 4.48. The highest BCUT2D eigenvalue weighted by Crippen LogP contribution is 2.31. The highest BCUT2D eigenvalue weighted by Gasteiger charge is 2.23. The molecule has 1 atom stereocenters. The second kappa shape index (κ2) is 6.28. The monoisotopic (exact) mass is 274 g/mol. The highest BCUT2D eigenvalue weighted by atomic mass is 15.2. The summed E-state index contributed by atoms with van der Waals surface area (Å²) in [6.07, 6.45) is 1.19. The van der Waals surface area contributed by atoms with Crippen molar-refractivity contribution < 1.29 is 0 Å². The molecule has 1 heterocycles. The summed E-state index contributed by atoms with van der Waals surface area (Å²) in [7, 11) is 0. The average Bonchev–Trinajstić information content (AvgIpc) is 2.41. The highest BCUT2D eigenvalue weighted by molar-refractivity contribution is 5.36. The van der Waals surface area contributed by atoms with Crippen LogP contribution in [0.4, 0.5) is 0 Å². The van der Waals surface area contributed by atoms with Gasteiger partial charge in [-0.15, -0.1) is 0 Å². The van der Waals surface area contributed by atoms with Gasteiger partial charge < -0.3 is 5.32 Å². The summed E-state index contributed by atoms with van der Waals surface area (Å²) in [5.41, 5.74) is 4.64. The second-order valence-corrected chi connectivity index (χ2v) is 7.03. The minimum absolute atomic E-state index is 0.226. The number of nitrogens with zero attached hydrogens (tertiary/aromatic N) is 1. The third kappa shape index (κ3) is 3.42. The van der Waals surface area contributed by atoms with Gasteiger partial charge in [0.05, 0.1) is 0 Å². The standard InChI is InChI=1S/C18H30N2/c1-6-17(20-11-9-19-10-12-20)16-13-15(18(3,4)5)8-7-14(16)2/h7-8,13,17,19H,6,9-12H2,1-5H3. The smallest absolute Gasteiger partial charge is 0.0349 e. The summed E-state index contributed by atoms with van der Waals surface area (Å²) in [5.74, 6) is 0. The van der Waals surface area contributed by atoms with Crippen molar-refractivity contribution in [2.45, 2.75) is 52.5 Å². The molecule has 2 heteroatoms. The SMILES string of the molecule is CCC(c1cc(C(C)(C)C)ccc1C)N1CCNCC1. The first-order valence-electron chi connectivity index (χ1n) is 7.99. The molecule has 2 nitrogen and oxygen atoms in total. The van der Waals surface area contributed by atoms with Crippen LogP contribution in [-0.2, 0) is 5.41 Å². The van der Waals surface area contributed by atoms with Gasteiger partial charge in [0, 0.05) is 32.2 Å². The van der Waals surface area contributed by atoms with Crippen LogP contribution in [0.3, 0.4) is 0 Å². The van der Waals surface area contributed by atoms with Crippen molar-refractivity contribution in [2.24, 2.45) is 0 Å². The van der Waals surface area contributed by atoms with Crippen LogP contribution in [0, 0.1) is 6.92 Å². The predicted molar refractivity (Wildman–Crippen MR) is 87.4 cm³/mol. The van der Waals surface area contributed by atoms with E-state index in [1.54, 1.807) is 0 Å². The van der Waals surface area contributed by atoms with Gasteiger partial charge in [-0.2, -0.15) is 0 Å². The molecule has 0 radical (unpaired) electrons. The summed E-state index contributed by atoms with van der Waals surface area (Å²) in [4.78, 5) is 2.64. The summed E-state index contributed by atoms with van der Waals surface area (Å²) >= 11 is 0. The van der Waals surface area contributed by atoms with E-state index in [9.17, 15) is 0 Å². The molecule has 0 spiro atoms. The number of piperazine rings is 1. The zero-order valence-electron chi connectivity index (χ0n) is 13.8. The molecule has 1 saturated heterocycles. The van der Waals surface area contributed by atoms with Crippen molar-refractivity contribution in [3.05, 3.63) is 34.9 Å². The minimum atomic E-state index is 0.226. The fourth-order valence-electron chi connectivity index (χ4n) is 3.13. The molecule has 20 heavy (non-hydrogen) atoms. The largest absolute Gasteiger partial charge is 0.314 e. The first kappa shape index (κ1) is 15.5. The Morgan fingerprint density at radius 3 is 2.40 bits per heavy atom. The molecular weight excluding hydrogens is 244 g/mol. The Morgan fingerprint density at radius 2 is 1.85 bits per heavy atom. The predicted octanol–water partition coefficient (Wildman–Crippen LogP) is 3.65. The van der Waals surface area contributed by atoms with E-state index in [0.717, 1.165) is 26.2 Å². The van der Waals surface area contributed by atoms with Crippen molar-refractivity contribution in [1.82, 2.24) is 10.2 Å². The van der Waals surface area contributed by atoms with E-state index in [2.05, 4.69) is 63.0 Å². The van der Waals surface area contributed by atoms with E-state index in [1.807, 2.05) is 0 Å². The van der Waals surface area contributed by atoms with Gasteiger partial charge in [-0.1, -0.05) is 45.9 Å². The lowest BCUT2D eigenvalue weighted by molar-refractivity contribution is 0.169. The summed E-state index contributed by atoms with van der Waals surface area (Å²) in [5, 5.41) is 3.45. The van der Waals surface area contributed by atoms with Crippen molar-refractivity contribution in [1.29, 1.82) is 0 Å². The minimum Gasteiger partial charge on any atom is -0.314 e. The molecule has 1 aliphatic heterocycles. The fourth-order valence-corrected chi connectivity index (χ4v) is 3.13. The Hall–Kier alpha value is -0.860. The van der Waals surface area contributed by atoms with Crippen LogP contribution < -0.4 is 5.32 Å². The molecule has 1 aliphatic rings. The number of hydrogen-bond acceptors (Lipinski definition) is 2. The first-order valence-corrected chi connectivity index (χ1v) is 7.99. The van der Waals surface area contributed by atoms with Crippen LogP contribution in [0.1, 0.15) is 56.8 Å². The molecule has 2 rings (SSSR count). The van der Waals surface area contributed by atoms with Gasteiger partial charge in [-0.25, -0.2) is 0 Å².